The average Bonchev–Trinajstić information content (AvgIpc) is 2.15. The molecule has 41 valence electrons. The quantitative estimate of drug-likeness (QED) is 0.464. The van der Waals surface area contributed by atoms with Gasteiger partial charge in [-0.25, -0.2) is 5.01 Å². The van der Waals surface area contributed by atoms with Gasteiger partial charge in [0.25, 0.3) is 0 Å². The summed E-state index contributed by atoms with van der Waals surface area (Å²) in [6.07, 6.45) is 0. The summed E-state index contributed by atoms with van der Waals surface area (Å²) < 4.78 is 0. The van der Waals surface area contributed by atoms with Gasteiger partial charge in [0.2, 0.25) is 0 Å². The van der Waals surface area contributed by atoms with Crippen molar-refractivity contribution >= 4 is 22.5 Å². The summed E-state index contributed by atoms with van der Waals surface area (Å²) >= 11 is 1.47. The van der Waals surface area contributed by atoms with Crippen LogP contribution in [0.1, 0.15) is 0 Å². The number of aliphatic imine (C=N–C) groups is 1. The summed E-state index contributed by atoms with van der Waals surface area (Å²) in [5, 5.41) is 6.78. The van der Waals surface area contributed by atoms with Crippen molar-refractivity contribution < 1.29 is 0 Å². The van der Waals surface area contributed by atoms with Gasteiger partial charge < -0.3 is 0 Å². The molecule has 0 N–H and O–H groups in total. The van der Waals surface area contributed by atoms with Gasteiger partial charge in [0, 0.05) is 0 Å². The summed E-state index contributed by atoms with van der Waals surface area (Å²) in [5.74, 6) is 0. The summed E-state index contributed by atoms with van der Waals surface area (Å²) in [7, 11) is 0. The highest BCUT2D eigenvalue weighted by Gasteiger charge is 2.19. The molecule has 8 heavy (non-hydrogen) atoms. The molecule has 0 amide bonds. The second-order valence-corrected chi connectivity index (χ2v) is 2.33. The van der Waals surface area contributed by atoms with Crippen LogP contribution in [-0.2, 0) is 0 Å². The number of fused-ring (bicyclic) bond motifs is 1. The lowest BCUT2D eigenvalue weighted by Crippen LogP contribution is -2.13. The molecule has 3 nitrogen and oxygen atoms in total. The van der Waals surface area contributed by atoms with Crippen LogP contribution in [0.2, 0.25) is 0 Å². The fraction of sp³-hybridized carbons (Fsp3) is 0.500. The fourth-order valence-electron chi connectivity index (χ4n) is 0.706. The number of hydrogen-bond acceptors (Lipinski definition) is 4. The van der Waals surface area contributed by atoms with Crippen LogP contribution >= 0.6 is 11.8 Å². The molecular formula is C4H4N3S. The van der Waals surface area contributed by atoms with Crippen molar-refractivity contribution in [1.82, 2.24) is 5.01 Å². The van der Waals surface area contributed by atoms with E-state index in [0.29, 0.717) is 0 Å². The zero-order valence-corrected chi connectivity index (χ0v) is 4.98. The molecule has 0 aliphatic carbocycles. The minimum atomic E-state index is 0.896. The highest BCUT2D eigenvalue weighted by Crippen LogP contribution is 2.17. The van der Waals surface area contributed by atoms with E-state index in [1.54, 1.807) is 0 Å². The van der Waals surface area contributed by atoms with Crippen molar-refractivity contribution in [1.29, 1.82) is 0 Å². The first-order valence-corrected chi connectivity index (χ1v) is 3.23. The Balaban J connectivity index is 2.28. The number of thioether (sulfide) groups is 1. The van der Waals surface area contributed by atoms with E-state index in [1.165, 1.54) is 11.8 Å². The van der Waals surface area contributed by atoms with Crippen LogP contribution < -0.4 is 0 Å². The average molecular weight is 126 g/mol. The minimum absolute atomic E-state index is 0.896. The van der Waals surface area contributed by atoms with Gasteiger partial charge in [0.1, 0.15) is 0 Å². The van der Waals surface area contributed by atoms with Crippen LogP contribution in [0.4, 0.5) is 0 Å². The van der Waals surface area contributed by atoms with Crippen LogP contribution in [0.25, 0.3) is 0 Å². The molecular weight excluding hydrogens is 122 g/mol. The fourth-order valence-corrected chi connectivity index (χ4v) is 1.32. The van der Waals surface area contributed by atoms with Gasteiger partial charge in [0.15, 0.2) is 10.7 Å². The van der Waals surface area contributed by atoms with Crippen LogP contribution in [0, 0.1) is 0 Å². The molecule has 0 unspecified atom stereocenters. The van der Waals surface area contributed by atoms with Gasteiger partial charge in [-0.2, -0.15) is 5.10 Å². The predicted octanol–water partition coefficient (Wildman–Crippen LogP) is 0.225. The first kappa shape index (κ1) is 4.38. The number of amidine groups is 1. The smallest absolute Gasteiger partial charge is 0.186 e. The maximum absolute atomic E-state index is 4.15. The molecule has 2 aliphatic rings. The third-order valence-electron chi connectivity index (χ3n) is 1.08. The van der Waals surface area contributed by atoms with Crippen molar-refractivity contribution in [2.24, 2.45) is 10.1 Å². The standard InChI is InChI=1S/C4H4N3S/c1-2-7-4(5-1)8-3-6-7/h1-2H2. The highest BCUT2D eigenvalue weighted by molar-refractivity contribution is 8.25. The van der Waals surface area contributed by atoms with Crippen LogP contribution in [0.15, 0.2) is 10.1 Å². The van der Waals surface area contributed by atoms with Crippen molar-refractivity contribution in [3.05, 3.63) is 0 Å². The van der Waals surface area contributed by atoms with Gasteiger partial charge in [-0.1, -0.05) is 0 Å². The summed E-state index contributed by atoms with van der Waals surface area (Å²) in [5.41, 5.74) is 2.76. The third-order valence-corrected chi connectivity index (χ3v) is 1.77. The van der Waals surface area contributed by atoms with Gasteiger partial charge in [0.05, 0.1) is 13.1 Å². The van der Waals surface area contributed by atoms with Gasteiger partial charge in [-0.3, -0.25) is 4.99 Å². The van der Waals surface area contributed by atoms with E-state index in [9.17, 15) is 0 Å². The van der Waals surface area contributed by atoms with Crippen molar-refractivity contribution in [3.8, 4) is 0 Å². The SMILES string of the molecule is [C]1=NN2CCN=C2S1. The lowest BCUT2D eigenvalue weighted by atomic mass is 10.7. The summed E-state index contributed by atoms with van der Waals surface area (Å²) in [6, 6.07) is 0. The molecule has 2 rings (SSSR count). The van der Waals surface area contributed by atoms with E-state index in [1.807, 2.05) is 5.01 Å². The summed E-state index contributed by atoms with van der Waals surface area (Å²) in [4.78, 5) is 4.15. The molecule has 0 fully saturated rings. The molecule has 0 aromatic heterocycles. The van der Waals surface area contributed by atoms with Crippen LogP contribution in [0.3, 0.4) is 0 Å². The predicted molar refractivity (Wildman–Crippen MR) is 34.0 cm³/mol. The Bertz CT molecular complexity index is 163. The topological polar surface area (TPSA) is 28.0 Å². The molecule has 0 saturated heterocycles. The highest BCUT2D eigenvalue weighted by atomic mass is 32.2. The monoisotopic (exact) mass is 126 g/mol. The van der Waals surface area contributed by atoms with Crippen LogP contribution in [0.5, 0.6) is 0 Å². The molecule has 1 radical (unpaired) electrons. The van der Waals surface area contributed by atoms with Gasteiger partial charge in [-0.05, 0) is 11.8 Å². The van der Waals surface area contributed by atoms with Gasteiger partial charge >= 0.3 is 0 Å². The zero-order valence-electron chi connectivity index (χ0n) is 4.16. The van der Waals surface area contributed by atoms with E-state index in [2.05, 4.69) is 15.6 Å². The molecule has 0 atom stereocenters. The number of hydrogen-bond donors (Lipinski definition) is 0. The third kappa shape index (κ3) is 0.461. The van der Waals surface area contributed by atoms with Crippen molar-refractivity contribution in [2.75, 3.05) is 13.1 Å². The Kier molecular flexibility index (Phi) is 0.811. The molecule has 0 aromatic carbocycles. The van der Waals surface area contributed by atoms with E-state index in [0.717, 1.165) is 18.3 Å². The van der Waals surface area contributed by atoms with Crippen molar-refractivity contribution in [3.63, 3.8) is 0 Å². The minimum Gasteiger partial charge on any atom is -0.259 e. The second kappa shape index (κ2) is 1.48. The summed E-state index contributed by atoms with van der Waals surface area (Å²) in [6.45, 7) is 1.84. The zero-order chi connectivity index (χ0) is 5.40. The van der Waals surface area contributed by atoms with E-state index in [4.69, 9.17) is 0 Å². The number of nitrogens with zero attached hydrogens (tertiary/aromatic N) is 3. The Morgan fingerprint density at radius 2 is 2.75 bits per heavy atom. The molecule has 4 heteroatoms. The second-order valence-electron chi connectivity index (χ2n) is 1.58. The maximum Gasteiger partial charge on any atom is 0.186 e. The number of rotatable bonds is 0. The Labute approximate surface area is 51.5 Å². The Morgan fingerprint density at radius 3 is 3.62 bits per heavy atom. The molecule has 2 heterocycles. The Morgan fingerprint density at radius 1 is 1.75 bits per heavy atom. The van der Waals surface area contributed by atoms with Crippen LogP contribution in [-0.4, -0.2) is 28.8 Å². The lowest BCUT2D eigenvalue weighted by molar-refractivity contribution is 0.504. The maximum atomic E-state index is 4.15. The normalized spacial score (nSPS) is 24.0. The molecule has 0 bridgehead atoms. The van der Waals surface area contributed by atoms with E-state index in [-0.39, 0.29) is 0 Å². The molecule has 0 aromatic rings. The number of hydrazone groups is 1. The first-order chi connectivity index (χ1) is 3.97. The van der Waals surface area contributed by atoms with Gasteiger partial charge in [-0.15, -0.1) is 0 Å². The lowest BCUT2D eigenvalue weighted by Gasteiger charge is -2.01. The Hall–Kier alpha value is -0.510. The van der Waals surface area contributed by atoms with E-state index >= 15 is 0 Å². The largest absolute Gasteiger partial charge is 0.259 e. The molecule has 0 spiro atoms. The van der Waals surface area contributed by atoms with Crippen molar-refractivity contribution in [2.45, 2.75) is 0 Å². The first-order valence-electron chi connectivity index (χ1n) is 2.41. The molecule has 2 aliphatic heterocycles. The van der Waals surface area contributed by atoms with E-state index < -0.39 is 0 Å². The molecule has 0 saturated carbocycles.